The van der Waals surface area contributed by atoms with E-state index in [0.29, 0.717) is 18.8 Å². The highest BCUT2D eigenvalue weighted by Crippen LogP contribution is 2.25. The van der Waals surface area contributed by atoms with Gasteiger partial charge in [-0.15, -0.1) is 0 Å². The Bertz CT molecular complexity index is 992. The van der Waals surface area contributed by atoms with E-state index < -0.39 is 23.1 Å². The number of amides is 1. The number of hydrogen-bond donors (Lipinski definition) is 1. The number of primary amides is 1. The van der Waals surface area contributed by atoms with Gasteiger partial charge in [-0.05, 0) is 31.2 Å². The summed E-state index contributed by atoms with van der Waals surface area (Å²) in [5.74, 6) is -2.88. The first-order valence-corrected chi connectivity index (χ1v) is 8.37. The van der Waals surface area contributed by atoms with Gasteiger partial charge in [0, 0.05) is 17.5 Å². The van der Waals surface area contributed by atoms with E-state index in [1.165, 1.54) is 0 Å². The number of ether oxygens (including phenoxy) is 2. The Hall–Kier alpha value is -3.22. The molecule has 1 aromatic heterocycles. The van der Waals surface area contributed by atoms with Crippen LogP contribution >= 0.6 is 0 Å². The second kappa shape index (κ2) is 7.99. The molecule has 3 aromatic rings. The van der Waals surface area contributed by atoms with Gasteiger partial charge in [-0.1, -0.05) is 18.2 Å². The SMILES string of the molecule is Cc1ccc2cccc(OCCCOc3ccc(F)c(C(N)=O)c3F)c2n1. The number of nitrogens with zero attached hydrogens (tertiary/aromatic N) is 1. The van der Waals surface area contributed by atoms with Gasteiger partial charge in [0.25, 0.3) is 5.91 Å². The van der Waals surface area contributed by atoms with Crippen molar-refractivity contribution in [2.75, 3.05) is 13.2 Å². The molecule has 0 saturated heterocycles. The topological polar surface area (TPSA) is 74.4 Å². The smallest absolute Gasteiger partial charge is 0.254 e. The lowest BCUT2D eigenvalue weighted by atomic mass is 10.1. The number of carbonyl (C=O) groups excluding carboxylic acids is 1. The van der Waals surface area contributed by atoms with Gasteiger partial charge in [0.2, 0.25) is 0 Å². The highest BCUT2D eigenvalue weighted by molar-refractivity contribution is 5.93. The molecule has 0 atom stereocenters. The Morgan fingerprint density at radius 3 is 2.52 bits per heavy atom. The van der Waals surface area contributed by atoms with Gasteiger partial charge in [-0.2, -0.15) is 0 Å². The maximum Gasteiger partial charge on any atom is 0.254 e. The monoisotopic (exact) mass is 372 g/mol. The van der Waals surface area contributed by atoms with Crippen molar-refractivity contribution in [1.29, 1.82) is 0 Å². The molecule has 0 radical (unpaired) electrons. The van der Waals surface area contributed by atoms with E-state index in [0.717, 1.165) is 28.7 Å². The standard InChI is InChI=1S/C20H18F2N2O3/c1-12-6-7-13-4-2-5-16(19(13)24-12)27-11-3-10-26-15-9-8-14(21)17(18(15)22)20(23)25/h2,4-9H,3,10-11H2,1H3,(H2,23,25). The van der Waals surface area contributed by atoms with Crippen molar-refractivity contribution in [3.05, 3.63) is 65.4 Å². The zero-order valence-electron chi connectivity index (χ0n) is 14.7. The van der Waals surface area contributed by atoms with Crippen LogP contribution in [0.2, 0.25) is 0 Å². The lowest BCUT2D eigenvalue weighted by Gasteiger charge is -2.11. The van der Waals surface area contributed by atoms with E-state index in [1.54, 1.807) is 0 Å². The number of aryl methyl sites for hydroxylation is 1. The predicted octanol–water partition coefficient (Wildman–Crippen LogP) is 3.77. The van der Waals surface area contributed by atoms with Crippen molar-refractivity contribution in [2.45, 2.75) is 13.3 Å². The molecule has 0 unspecified atom stereocenters. The summed E-state index contributed by atoms with van der Waals surface area (Å²) in [6, 6.07) is 11.6. The Morgan fingerprint density at radius 1 is 1.04 bits per heavy atom. The molecule has 27 heavy (non-hydrogen) atoms. The van der Waals surface area contributed by atoms with Crippen LogP contribution in [0, 0.1) is 18.6 Å². The molecule has 7 heteroatoms. The molecule has 0 saturated carbocycles. The molecule has 140 valence electrons. The number of fused-ring (bicyclic) bond motifs is 1. The highest BCUT2D eigenvalue weighted by Gasteiger charge is 2.19. The molecule has 2 aromatic carbocycles. The Morgan fingerprint density at radius 2 is 1.78 bits per heavy atom. The number of hydrogen-bond acceptors (Lipinski definition) is 4. The van der Waals surface area contributed by atoms with E-state index in [4.69, 9.17) is 15.2 Å². The average molecular weight is 372 g/mol. The molecule has 0 aliphatic carbocycles. The van der Waals surface area contributed by atoms with Crippen LogP contribution in [0.1, 0.15) is 22.5 Å². The molecule has 0 bridgehead atoms. The first kappa shape index (κ1) is 18.6. The number of pyridine rings is 1. The normalized spacial score (nSPS) is 10.8. The molecule has 0 aliphatic rings. The second-order valence-corrected chi connectivity index (χ2v) is 5.93. The average Bonchev–Trinajstić information content (AvgIpc) is 2.63. The van der Waals surface area contributed by atoms with Crippen LogP contribution in [0.4, 0.5) is 8.78 Å². The molecule has 5 nitrogen and oxygen atoms in total. The number of para-hydroxylation sites is 1. The van der Waals surface area contributed by atoms with E-state index >= 15 is 0 Å². The molecular formula is C20H18F2N2O3. The molecule has 1 amide bonds. The van der Waals surface area contributed by atoms with Gasteiger partial charge < -0.3 is 15.2 Å². The Balaban J connectivity index is 1.58. The first-order chi connectivity index (χ1) is 13.0. The summed E-state index contributed by atoms with van der Waals surface area (Å²) < 4.78 is 38.5. The van der Waals surface area contributed by atoms with Crippen molar-refractivity contribution in [3.8, 4) is 11.5 Å². The molecule has 1 heterocycles. The minimum atomic E-state index is -1.18. The third kappa shape index (κ3) is 4.13. The van der Waals surface area contributed by atoms with Gasteiger partial charge in [0.1, 0.15) is 22.6 Å². The summed E-state index contributed by atoms with van der Waals surface area (Å²) in [6.45, 7) is 2.35. The predicted molar refractivity (Wildman–Crippen MR) is 97.0 cm³/mol. The van der Waals surface area contributed by atoms with Gasteiger partial charge in [-0.25, -0.2) is 13.8 Å². The van der Waals surface area contributed by atoms with Crippen LogP contribution in [0.25, 0.3) is 10.9 Å². The molecular weight excluding hydrogens is 354 g/mol. The minimum absolute atomic E-state index is 0.123. The van der Waals surface area contributed by atoms with E-state index in [-0.39, 0.29) is 12.4 Å². The van der Waals surface area contributed by atoms with Crippen molar-refractivity contribution < 1.29 is 23.0 Å². The van der Waals surface area contributed by atoms with Crippen molar-refractivity contribution in [2.24, 2.45) is 5.73 Å². The summed E-state index contributed by atoms with van der Waals surface area (Å²) in [6.07, 6.45) is 0.449. The lowest BCUT2D eigenvalue weighted by Crippen LogP contribution is -2.16. The largest absolute Gasteiger partial charge is 0.491 e. The fourth-order valence-corrected chi connectivity index (χ4v) is 2.63. The quantitative estimate of drug-likeness (QED) is 0.641. The van der Waals surface area contributed by atoms with E-state index in [1.807, 2.05) is 37.3 Å². The number of rotatable bonds is 7. The number of halogens is 2. The summed E-state index contributed by atoms with van der Waals surface area (Å²) >= 11 is 0. The Labute approximate surface area is 154 Å². The van der Waals surface area contributed by atoms with Crippen LogP contribution in [-0.2, 0) is 0 Å². The molecule has 0 fully saturated rings. The van der Waals surface area contributed by atoms with Crippen LogP contribution in [0.3, 0.4) is 0 Å². The maximum atomic E-state index is 14.1. The van der Waals surface area contributed by atoms with Gasteiger partial charge in [-0.3, -0.25) is 4.79 Å². The first-order valence-electron chi connectivity index (χ1n) is 8.37. The maximum absolute atomic E-state index is 14.1. The molecule has 2 N–H and O–H groups in total. The third-order valence-corrected chi connectivity index (χ3v) is 3.93. The summed E-state index contributed by atoms with van der Waals surface area (Å²) in [5, 5.41) is 0.974. The summed E-state index contributed by atoms with van der Waals surface area (Å²) in [5.41, 5.74) is 5.84. The van der Waals surface area contributed by atoms with Gasteiger partial charge in [0.15, 0.2) is 11.6 Å². The number of carbonyl (C=O) groups is 1. The molecule has 0 spiro atoms. The van der Waals surface area contributed by atoms with Crippen LogP contribution in [0.15, 0.2) is 42.5 Å². The molecule has 3 rings (SSSR count). The molecule has 0 aliphatic heterocycles. The van der Waals surface area contributed by atoms with E-state index in [2.05, 4.69) is 4.98 Å². The number of benzene rings is 2. The zero-order valence-corrected chi connectivity index (χ0v) is 14.7. The minimum Gasteiger partial charge on any atom is -0.491 e. The third-order valence-electron chi connectivity index (χ3n) is 3.93. The van der Waals surface area contributed by atoms with Crippen LogP contribution in [-0.4, -0.2) is 24.1 Å². The lowest BCUT2D eigenvalue weighted by molar-refractivity contribution is 0.0991. The summed E-state index contributed by atoms with van der Waals surface area (Å²) in [4.78, 5) is 15.6. The van der Waals surface area contributed by atoms with Crippen LogP contribution < -0.4 is 15.2 Å². The van der Waals surface area contributed by atoms with Crippen molar-refractivity contribution in [1.82, 2.24) is 4.98 Å². The van der Waals surface area contributed by atoms with Crippen molar-refractivity contribution >= 4 is 16.8 Å². The zero-order chi connectivity index (χ0) is 19.4. The highest BCUT2D eigenvalue weighted by atomic mass is 19.1. The van der Waals surface area contributed by atoms with E-state index in [9.17, 15) is 13.6 Å². The van der Waals surface area contributed by atoms with Crippen LogP contribution in [0.5, 0.6) is 11.5 Å². The second-order valence-electron chi connectivity index (χ2n) is 5.93. The summed E-state index contributed by atoms with van der Waals surface area (Å²) in [7, 11) is 0. The van der Waals surface area contributed by atoms with Gasteiger partial charge in [0.05, 0.1) is 13.2 Å². The Kier molecular flexibility index (Phi) is 5.49. The fourth-order valence-electron chi connectivity index (χ4n) is 2.63. The van der Waals surface area contributed by atoms with Gasteiger partial charge >= 0.3 is 0 Å². The fraction of sp³-hybridized carbons (Fsp3) is 0.200. The van der Waals surface area contributed by atoms with Crippen molar-refractivity contribution in [3.63, 3.8) is 0 Å². The number of nitrogens with two attached hydrogens (primary N) is 1. The number of aromatic nitrogens is 1.